The summed E-state index contributed by atoms with van der Waals surface area (Å²) in [6, 6.07) is 13.4. The largest absolute Gasteiger partial charge is 0.477 e. The standard InChI is InChI=1S/C25H18F4N2O3S/c1-13-11-17(14(2)31(13)20-6-4-3-5-18(20)25(27,28)29)23(32)30-19-12-21(35-22(19)24(33)34)15-7-9-16(26)10-8-15/h3-12H,1-2H3,(H,30,32)(H,33,34). The van der Waals surface area contributed by atoms with Crippen LogP contribution in [-0.2, 0) is 6.18 Å². The molecule has 0 radical (unpaired) electrons. The molecule has 0 aliphatic heterocycles. The first-order chi connectivity index (χ1) is 16.5. The number of amides is 1. The molecule has 0 saturated carbocycles. The second-order valence-corrected chi connectivity index (χ2v) is 8.81. The van der Waals surface area contributed by atoms with Crippen LogP contribution in [0.1, 0.15) is 37.0 Å². The van der Waals surface area contributed by atoms with E-state index in [1.807, 2.05) is 0 Å². The number of para-hydroxylation sites is 1. The van der Waals surface area contributed by atoms with Crippen LogP contribution in [0, 0.1) is 19.7 Å². The van der Waals surface area contributed by atoms with E-state index in [1.54, 1.807) is 6.92 Å². The summed E-state index contributed by atoms with van der Waals surface area (Å²) in [5, 5.41) is 12.2. The third kappa shape index (κ3) is 4.69. The van der Waals surface area contributed by atoms with Crippen LogP contribution >= 0.6 is 11.3 Å². The maximum atomic E-state index is 13.6. The van der Waals surface area contributed by atoms with Gasteiger partial charge in [0.1, 0.15) is 10.7 Å². The Morgan fingerprint density at radius 2 is 1.66 bits per heavy atom. The second-order valence-electron chi connectivity index (χ2n) is 7.75. The zero-order valence-electron chi connectivity index (χ0n) is 18.4. The van der Waals surface area contributed by atoms with Crippen LogP contribution in [0.2, 0.25) is 0 Å². The Labute approximate surface area is 201 Å². The number of nitrogens with one attached hydrogen (secondary N) is 1. The maximum Gasteiger partial charge on any atom is 0.418 e. The fourth-order valence-electron chi connectivity index (χ4n) is 3.86. The molecule has 0 spiro atoms. The summed E-state index contributed by atoms with van der Waals surface area (Å²) in [7, 11) is 0. The number of carboxylic acids is 1. The Hall–Kier alpha value is -3.92. The number of carbonyl (C=O) groups is 2. The molecule has 0 atom stereocenters. The van der Waals surface area contributed by atoms with Gasteiger partial charge in [-0.25, -0.2) is 9.18 Å². The zero-order valence-corrected chi connectivity index (χ0v) is 19.2. The summed E-state index contributed by atoms with van der Waals surface area (Å²) in [6.45, 7) is 3.10. The molecule has 4 aromatic rings. The number of rotatable bonds is 5. The van der Waals surface area contributed by atoms with Gasteiger partial charge in [0.05, 0.1) is 22.5 Å². The molecule has 2 aromatic carbocycles. The highest BCUT2D eigenvalue weighted by Gasteiger charge is 2.34. The third-order valence-electron chi connectivity index (χ3n) is 5.43. The third-order valence-corrected chi connectivity index (χ3v) is 6.60. The van der Waals surface area contributed by atoms with Crippen molar-refractivity contribution in [2.75, 3.05) is 5.32 Å². The van der Waals surface area contributed by atoms with Gasteiger partial charge < -0.3 is 15.0 Å². The van der Waals surface area contributed by atoms with Crippen LogP contribution < -0.4 is 5.32 Å². The van der Waals surface area contributed by atoms with Crippen molar-refractivity contribution in [1.82, 2.24) is 4.57 Å². The molecule has 2 heterocycles. The van der Waals surface area contributed by atoms with Crippen molar-refractivity contribution in [3.05, 3.63) is 93.9 Å². The van der Waals surface area contributed by atoms with Gasteiger partial charge in [-0.2, -0.15) is 13.2 Å². The van der Waals surface area contributed by atoms with E-state index in [1.165, 1.54) is 66.1 Å². The predicted molar refractivity (Wildman–Crippen MR) is 125 cm³/mol. The number of carbonyl (C=O) groups excluding carboxylic acids is 1. The number of aromatic carboxylic acids is 1. The minimum absolute atomic E-state index is 0.0346. The number of thiophene rings is 1. The molecule has 0 bridgehead atoms. The van der Waals surface area contributed by atoms with E-state index in [0.29, 0.717) is 16.1 Å². The van der Waals surface area contributed by atoms with E-state index in [4.69, 9.17) is 0 Å². The lowest BCUT2D eigenvalue weighted by Crippen LogP contribution is -2.15. The number of benzene rings is 2. The average molecular weight is 502 g/mol. The molecular formula is C25H18F4N2O3S. The van der Waals surface area contributed by atoms with Crippen molar-refractivity contribution in [3.8, 4) is 16.1 Å². The molecule has 4 rings (SSSR count). The highest BCUT2D eigenvalue weighted by atomic mass is 32.1. The molecule has 0 aliphatic carbocycles. The number of alkyl halides is 3. The Morgan fingerprint density at radius 1 is 1.00 bits per heavy atom. The van der Waals surface area contributed by atoms with Crippen molar-refractivity contribution in [2.45, 2.75) is 20.0 Å². The molecule has 5 nitrogen and oxygen atoms in total. The molecule has 35 heavy (non-hydrogen) atoms. The van der Waals surface area contributed by atoms with E-state index in [9.17, 15) is 32.3 Å². The first kappa shape index (κ1) is 24.2. The SMILES string of the molecule is Cc1cc(C(=O)Nc2cc(-c3ccc(F)cc3)sc2C(=O)O)c(C)n1-c1ccccc1C(F)(F)F. The zero-order chi connectivity index (χ0) is 25.5. The van der Waals surface area contributed by atoms with Gasteiger partial charge in [0.15, 0.2) is 0 Å². The molecular weight excluding hydrogens is 484 g/mol. The Morgan fingerprint density at radius 3 is 2.29 bits per heavy atom. The lowest BCUT2D eigenvalue weighted by atomic mass is 10.1. The topological polar surface area (TPSA) is 71.3 Å². The Kier molecular flexibility index (Phi) is 6.25. The van der Waals surface area contributed by atoms with Gasteiger partial charge in [-0.15, -0.1) is 11.3 Å². The number of hydrogen-bond donors (Lipinski definition) is 2. The van der Waals surface area contributed by atoms with E-state index < -0.39 is 29.4 Å². The molecule has 0 aliphatic rings. The van der Waals surface area contributed by atoms with E-state index in [0.717, 1.165) is 17.4 Å². The summed E-state index contributed by atoms with van der Waals surface area (Å²) in [5.74, 6) is -2.37. The average Bonchev–Trinajstić information content (AvgIpc) is 3.34. The monoisotopic (exact) mass is 502 g/mol. The van der Waals surface area contributed by atoms with E-state index in [-0.39, 0.29) is 27.5 Å². The molecule has 10 heteroatoms. The van der Waals surface area contributed by atoms with Gasteiger partial charge in [0.2, 0.25) is 0 Å². The van der Waals surface area contributed by atoms with Gasteiger partial charge in [0, 0.05) is 16.3 Å². The van der Waals surface area contributed by atoms with Crippen LogP contribution in [0.3, 0.4) is 0 Å². The van der Waals surface area contributed by atoms with E-state index >= 15 is 0 Å². The first-order valence-corrected chi connectivity index (χ1v) is 11.1. The summed E-state index contributed by atoms with van der Waals surface area (Å²) in [6.07, 6.45) is -4.59. The number of halogens is 4. The van der Waals surface area contributed by atoms with Crippen molar-refractivity contribution in [2.24, 2.45) is 0 Å². The highest BCUT2D eigenvalue weighted by molar-refractivity contribution is 7.18. The second kappa shape index (κ2) is 9.03. The number of aryl methyl sites for hydroxylation is 1. The van der Waals surface area contributed by atoms with Gasteiger partial charge in [-0.1, -0.05) is 24.3 Å². The fraction of sp³-hybridized carbons (Fsp3) is 0.120. The predicted octanol–water partition coefficient (Wildman–Crippen LogP) is 6.93. The summed E-state index contributed by atoms with van der Waals surface area (Å²) in [4.78, 5) is 25.2. The van der Waals surface area contributed by atoms with Crippen molar-refractivity contribution >= 4 is 28.9 Å². The number of aromatic nitrogens is 1. The highest BCUT2D eigenvalue weighted by Crippen LogP contribution is 2.37. The van der Waals surface area contributed by atoms with Crippen LogP contribution in [0.25, 0.3) is 16.1 Å². The molecule has 0 saturated heterocycles. The lowest BCUT2D eigenvalue weighted by molar-refractivity contribution is -0.137. The van der Waals surface area contributed by atoms with E-state index in [2.05, 4.69) is 5.32 Å². The fourth-order valence-corrected chi connectivity index (χ4v) is 4.82. The van der Waals surface area contributed by atoms with Crippen molar-refractivity contribution < 1.29 is 32.3 Å². The molecule has 180 valence electrons. The maximum absolute atomic E-state index is 13.6. The number of nitrogens with zero attached hydrogens (tertiary/aromatic N) is 1. The normalized spacial score (nSPS) is 11.5. The van der Waals surface area contributed by atoms with Crippen LogP contribution in [0.15, 0.2) is 60.7 Å². The van der Waals surface area contributed by atoms with Crippen LogP contribution in [0.4, 0.5) is 23.2 Å². The summed E-state index contributed by atoms with van der Waals surface area (Å²) >= 11 is 0.911. The Balaban J connectivity index is 1.71. The molecule has 0 unspecified atom stereocenters. The minimum atomic E-state index is -4.59. The van der Waals surface area contributed by atoms with Gasteiger partial charge in [0.25, 0.3) is 5.91 Å². The van der Waals surface area contributed by atoms with Crippen molar-refractivity contribution in [3.63, 3.8) is 0 Å². The Bertz CT molecular complexity index is 1440. The van der Waals surface area contributed by atoms with Crippen LogP contribution in [0.5, 0.6) is 0 Å². The van der Waals surface area contributed by atoms with Gasteiger partial charge in [-0.05, 0) is 55.8 Å². The summed E-state index contributed by atoms with van der Waals surface area (Å²) < 4.78 is 55.3. The number of hydrogen-bond acceptors (Lipinski definition) is 3. The molecule has 2 aromatic heterocycles. The molecule has 2 N–H and O–H groups in total. The van der Waals surface area contributed by atoms with Crippen LogP contribution in [-0.4, -0.2) is 21.6 Å². The van der Waals surface area contributed by atoms with Gasteiger partial charge in [-0.3, -0.25) is 4.79 Å². The summed E-state index contributed by atoms with van der Waals surface area (Å²) in [5.41, 5.74) is 0.416. The minimum Gasteiger partial charge on any atom is -0.477 e. The number of carboxylic acid groups (broad SMARTS) is 1. The smallest absolute Gasteiger partial charge is 0.418 e. The van der Waals surface area contributed by atoms with Crippen molar-refractivity contribution in [1.29, 1.82) is 0 Å². The molecule has 1 amide bonds. The quantitative estimate of drug-likeness (QED) is 0.291. The first-order valence-electron chi connectivity index (χ1n) is 10.3. The number of anilines is 1. The van der Waals surface area contributed by atoms with Gasteiger partial charge >= 0.3 is 12.1 Å². The molecule has 0 fully saturated rings. The lowest BCUT2D eigenvalue weighted by Gasteiger charge is -2.16.